The zero-order valence-corrected chi connectivity index (χ0v) is 14.5. The Morgan fingerprint density at radius 3 is 2.58 bits per heavy atom. The second-order valence-corrected chi connectivity index (χ2v) is 8.50. The van der Waals surface area contributed by atoms with Gasteiger partial charge in [0.1, 0.15) is 0 Å². The van der Waals surface area contributed by atoms with E-state index < -0.39 is 15.1 Å². The normalized spacial score (nSPS) is 17.9. The molecule has 1 atom stereocenters. The summed E-state index contributed by atoms with van der Waals surface area (Å²) in [5, 5.41) is -0.513. The molecule has 2 aromatic carbocycles. The van der Waals surface area contributed by atoms with E-state index in [2.05, 4.69) is 0 Å². The van der Waals surface area contributed by atoms with Gasteiger partial charge in [-0.1, -0.05) is 48.0 Å². The van der Waals surface area contributed by atoms with Gasteiger partial charge in [-0.2, -0.15) is 0 Å². The molecule has 2 aromatic rings. The Hall–Kier alpha value is -2.14. The Balaban J connectivity index is 1.68. The van der Waals surface area contributed by atoms with Crippen LogP contribution in [0, 0.1) is 6.92 Å². The van der Waals surface area contributed by atoms with Crippen molar-refractivity contribution >= 4 is 15.7 Å². The van der Waals surface area contributed by atoms with Crippen LogP contribution in [-0.2, 0) is 21.1 Å². The molecule has 0 radical (unpaired) electrons. The smallest absolute Gasteiger partial charge is 0.227 e. The summed E-state index contributed by atoms with van der Waals surface area (Å²) in [5.74, 6) is -0.00800. The van der Waals surface area contributed by atoms with Crippen molar-refractivity contribution in [1.29, 1.82) is 0 Å². The number of amides is 1. The molecular weight excluding hydrogens is 322 g/mol. The number of aryl methyl sites for hydroxylation is 1. The third-order valence-corrected chi connectivity index (χ3v) is 6.64. The highest BCUT2D eigenvalue weighted by molar-refractivity contribution is 7.92. The third-order valence-electron chi connectivity index (χ3n) is 4.45. The van der Waals surface area contributed by atoms with Crippen molar-refractivity contribution < 1.29 is 13.2 Å². The van der Waals surface area contributed by atoms with Gasteiger partial charge in [0.15, 0.2) is 9.84 Å². The van der Waals surface area contributed by atoms with Crippen molar-refractivity contribution in [1.82, 2.24) is 4.90 Å². The maximum absolute atomic E-state index is 12.7. The van der Waals surface area contributed by atoms with Gasteiger partial charge in [0, 0.05) is 13.1 Å². The molecule has 1 aliphatic rings. The first kappa shape index (κ1) is 16.7. The average Bonchev–Trinajstić information content (AvgIpc) is 3.07. The molecular formula is C19H21NO3S. The zero-order valence-electron chi connectivity index (χ0n) is 13.7. The summed E-state index contributed by atoms with van der Waals surface area (Å²) in [5.41, 5.74) is 2.08. The van der Waals surface area contributed by atoms with E-state index in [1.165, 1.54) is 0 Å². The molecule has 24 heavy (non-hydrogen) atoms. The quantitative estimate of drug-likeness (QED) is 0.857. The Bertz CT molecular complexity index is 831. The number of carbonyl (C=O) groups excluding carboxylic acids is 1. The molecule has 0 unspecified atom stereocenters. The van der Waals surface area contributed by atoms with E-state index in [-0.39, 0.29) is 12.5 Å². The van der Waals surface area contributed by atoms with Gasteiger partial charge in [-0.15, -0.1) is 0 Å². The third kappa shape index (κ3) is 3.51. The van der Waals surface area contributed by atoms with Crippen LogP contribution in [0.5, 0.6) is 0 Å². The SMILES string of the molecule is Cc1cccc(CC(=O)N2CC[C@H](S(=O)(=O)c3ccccc3)C2)c1. The van der Waals surface area contributed by atoms with Crippen LogP contribution in [0.3, 0.4) is 0 Å². The number of hydrogen-bond donors (Lipinski definition) is 0. The second kappa shape index (κ2) is 6.77. The highest BCUT2D eigenvalue weighted by atomic mass is 32.2. The number of hydrogen-bond acceptors (Lipinski definition) is 3. The summed E-state index contributed by atoms with van der Waals surface area (Å²) in [6, 6.07) is 16.3. The van der Waals surface area contributed by atoms with E-state index in [1.807, 2.05) is 31.2 Å². The molecule has 0 aliphatic carbocycles. The first-order valence-electron chi connectivity index (χ1n) is 8.09. The molecule has 1 fully saturated rings. The number of nitrogens with zero attached hydrogens (tertiary/aromatic N) is 1. The maximum atomic E-state index is 12.7. The molecule has 1 heterocycles. The fourth-order valence-corrected chi connectivity index (χ4v) is 4.83. The van der Waals surface area contributed by atoms with Gasteiger partial charge in [0.2, 0.25) is 5.91 Å². The molecule has 1 saturated heterocycles. The van der Waals surface area contributed by atoms with E-state index in [9.17, 15) is 13.2 Å². The van der Waals surface area contributed by atoms with E-state index in [4.69, 9.17) is 0 Å². The van der Waals surface area contributed by atoms with Crippen LogP contribution in [0.1, 0.15) is 17.5 Å². The van der Waals surface area contributed by atoms with Crippen LogP contribution >= 0.6 is 0 Å². The van der Waals surface area contributed by atoms with Crippen LogP contribution in [-0.4, -0.2) is 37.6 Å². The average molecular weight is 343 g/mol. The number of likely N-dealkylation sites (tertiary alicyclic amines) is 1. The topological polar surface area (TPSA) is 54.5 Å². The number of sulfone groups is 1. The van der Waals surface area contributed by atoms with E-state index >= 15 is 0 Å². The molecule has 4 nitrogen and oxygen atoms in total. The predicted octanol–water partition coefficient (Wildman–Crippen LogP) is 2.61. The summed E-state index contributed by atoms with van der Waals surface area (Å²) < 4.78 is 25.3. The van der Waals surface area contributed by atoms with Crippen molar-refractivity contribution in [2.45, 2.75) is 29.9 Å². The molecule has 126 valence electrons. The second-order valence-electron chi connectivity index (χ2n) is 6.27. The minimum atomic E-state index is -3.38. The summed E-state index contributed by atoms with van der Waals surface area (Å²) in [6.07, 6.45) is 0.816. The van der Waals surface area contributed by atoms with E-state index in [1.54, 1.807) is 35.2 Å². The highest BCUT2D eigenvalue weighted by Crippen LogP contribution is 2.24. The molecule has 1 aliphatic heterocycles. The van der Waals surface area contributed by atoms with Crippen molar-refractivity contribution in [3.63, 3.8) is 0 Å². The minimum Gasteiger partial charge on any atom is -0.341 e. The number of benzene rings is 2. The van der Waals surface area contributed by atoms with Gasteiger partial charge in [0.05, 0.1) is 16.6 Å². The van der Waals surface area contributed by atoms with Crippen LogP contribution in [0.2, 0.25) is 0 Å². The fourth-order valence-electron chi connectivity index (χ4n) is 3.12. The van der Waals surface area contributed by atoms with Crippen LogP contribution < -0.4 is 0 Å². The predicted molar refractivity (Wildman–Crippen MR) is 93.5 cm³/mol. The summed E-state index contributed by atoms with van der Waals surface area (Å²) in [7, 11) is -3.38. The van der Waals surface area contributed by atoms with E-state index in [0.29, 0.717) is 24.3 Å². The molecule has 0 bridgehead atoms. The van der Waals surface area contributed by atoms with E-state index in [0.717, 1.165) is 11.1 Å². The maximum Gasteiger partial charge on any atom is 0.227 e. The summed E-state index contributed by atoms with van der Waals surface area (Å²) >= 11 is 0. The lowest BCUT2D eigenvalue weighted by Crippen LogP contribution is -2.33. The first-order valence-corrected chi connectivity index (χ1v) is 9.64. The van der Waals surface area contributed by atoms with Gasteiger partial charge in [-0.05, 0) is 31.0 Å². The Morgan fingerprint density at radius 1 is 1.12 bits per heavy atom. The number of carbonyl (C=O) groups is 1. The Labute approximate surface area is 143 Å². The standard InChI is InChI=1S/C19H21NO3S/c1-15-6-5-7-16(12-15)13-19(21)20-11-10-18(14-20)24(22,23)17-8-3-2-4-9-17/h2-9,12,18H,10-11,13-14H2,1H3/t18-/m0/s1. The molecule has 0 spiro atoms. The Kier molecular flexibility index (Phi) is 4.71. The molecule has 5 heteroatoms. The van der Waals surface area contributed by atoms with Crippen LogP contribution in [0.15, 0.2) is 59.5 Å². The first-order chi connectivity index (χ1) is 11.5. The highest BCUT2D eigenvalue weighted by Gasteiger charge is 2.35. The lowest BCUT2D eigenvalue weighted by atomic mass is 10.1. The van der Waals surface area contributed by atoms with Crippen molar-refractivity contribution in [2.24, 2.45) is 0 Å². The van der Waals surface area contributed by atoms with Crippen molar-refractivity contribution in [3.8, 4) is 0 Å². The fraction of sp³-hybridized carbons (Fsp3) is 0.316. The largest absolute Gasteiger partial charge is 0.341 e. The van der Waals surface area contributed by atoms with Crippen LogP contribution in [0.4, 0.5) is 0 Å². The zero-order chi connectivity index (χ0) is 17.2. The molecule has 3 rings (SSSR count). The summed E-state index contributed by atoms with van der Waals surface area (Å²) in [6.45, 7) is 2.77. The molecule has 0 saturated carbocycles. The molecule has 0 aromatic heterocycles. The van der Waals surface area contributed by atoms with Gasteiger partial charge in [0.25, 0.3) is 0 Å². The van der Waals surface area contributed by atoms with Gasteiger partial charge >= 0.3 is 0 Å². The monoisotopic (exact) mass is 343 g/mol. The molecule has 1 amide bonds. The number of rotatable bonds is 4. The van der Waals surface area contributed by atoms with Gasteiger partial charge < -0.3 is 4.90 Å². The van der Waals surface area contributed by atoms with Crippen molar-refractivity contribution in [3.05, 3.63) is 65.7 Å². The van der Waals surface area contributed by atoms with Crippen molar-refractivity contribution in [2.75, 3.05) is 13.1 Å². The van der Waals surface area contributed by atoms with Crippen LogP contribution in [0.25, 0.3) is 0 Å². The van der Waals surface area contributed by atoms with Gasteiger partial charge in [-0.25, -0.2) is 8.42 Å². The molecule has 0 N–H and O–H groups in total. The summed E-state index contributed by atoms with van der Waals surface area (Å²) in [4.78, 5) is 14.5. The lowest BCUT2D eigenvalue weighted by molar-refractivity contribution is -0.129. The lowest BCUT2D eigenvalue weighted by Gasteiger charge is -2.17. The van der Waals surface area contributed by atoms with Gasteiger partial charge in [-0.3, -0.25) is 4.79 Å². The Morgan fingerprint density at radius 2 is 1.88 bits per heavy atom. The minimum absolute atomic E-state index is 0.00800.